The van der Waals surface area contributed by atoms with Gasteiger partial charge in [0.25, 0.3) is 0 Å². The number of aromatic nitrogens is 3. The largest absolute Gasteiger partial charge is 0.265 e. The predicted octanol–water partition coefficient (Wildman–Crippen LogP) is 2.07. The van der Waals surface area contributed by atoms with Crippen LogP contribution in [0.5, 0.6) is 0 Å². The van der Waals surface area contributed by atoms with Crippen molar-refractivity contribution < 1.29 is 0 Å². The summed E-state index contributed by atoms with van der Waals surface area (Å²) >= 11 is 2.10. The van der Waals surface area contributed by atoms with E-state index in [0.717, 1.165) is 15.8 Å². The fraction of sp³-hybridized carbons (Fsp3) is 0.100. The maximum Gasteiger partial charge on any atom is 0.190 e. The Kier molecular flexibility index (Phi) is 3.03. The van der Waals surface area contributed by atoms with Gasteiger partial charge in [0.05, 0.1) is 0 Å². The molecule has 0 unspecified atom stereocenters. The minimum atomic E-state index is 0.779. The number of halogens is 1. The molecule has 0 aliphatic heterocycles. The van der Waals surface area contributed by atoms with Crippen molar-refractivity contribution in [2.24, 2.45) is 0 Å². The van der Waals surface area contributed by atoms with Crippen molar-refractivity contribution in [3.05, 3.63) is 51.9 Å². The normalized spacial score (nSPS) is 10.1. The van der Waals surface area contributed by atoms with Crippen molar-refractivity contribution in [3.63, 3.8) is 0 Å². The number of rotatable bonds is 2. The summed E-state index contributed by atoms with van der Waals surface area (Å²) in [5, 5.41) is 0. The molecule has 2 heterocycles. The molecule has 0 spiro atoms. The fourth-order valence-corrected chi connectivity index (χ4v) is 1.45. The third-order valence-electron chi connectivity index (χ3n) is 1.83. The highest BCUT2D eigenvalue weighted by atomic mass is 127. The van der Waals surface area contributed by atoms with Crippen LogP contribution >= 0.6 is 22.6 Å². The van der Waals surface area contributed by atoms with Crippen LogP contribution in [0, 0.1) is 3.83 Å². The molecular formula is C10H8IN3. The van der Waals surface area contributed by atoms with Crippen molar-refractivity contribution in [2.75, 3.05) is 0 Å². The third-order valence-corrected chi connectivity index (χ3v) is 2.39. The van der Waals surface area contributed by atoms with E-state index in [1.165, 1.54) is 5.56 Å². The van der Waals surface area contributed by atoms with Gasteiger partial charge in [-0.25, -0.2) is 9.97 Å². The van der Waals surface area contributed by atoms with Crippen LogP contribution in [0.2, 0.25) is 0 Å². The summed E-state index contributed by atoms with van der Waals surface area (Å²) in [7, 11) is 0. The Balaban J connectivity index is 2.16. The molecule has 0 radical (unpaired) electrons. The van der Waals surface area contributed by atoms with Crippen LogP contribution in [0.3, 0.4) is 0 Å². The monoisotopic (exact) mass is 297 g/mol. The van der Waals surface area contributed by atoms with Crippen molar-refractivity contribution in [2.45, 2.75) is 6.42 Å². The van der Waals surface area contributed by atoms with Gasteiger partial charge in [-0.3, -0.25) is 4.98 Å². The van der Waals surface area contributed by atoms with Gasteiger partial charge in [-0.1, -0.05) is 0 Å². The van der Waals surface area contributed by atoms with Gasteiger partial charge in [0.15, 0.2) is 3.83 Å². The van der Waals surface area contributed by atoms with E-state index < -0.39 is 0 Å². The molecule has 2 rings (SSSR count). The smallest absolute Gasteiger partial charge is 0.190 e. The van der Waals surface area contributed by atoms with Crippen LogP contribution in [-0.2, 0) is 6.42 Å². The Bertz CT molecular complexity index is 399. The van der Waals surface area contributed by atoms with Gasteiger partial charge in [0, 0.05) is 53.8 Å². The lowest BCUT2D eigenvalue weighted by Gasteiger charge is -1.99. The predicted molar refractivity (Wildman–Crippen MR) is 61.8 cm³/mol. The second kappa shape index (κ2) is 4.45. The molecule has 70 valence electrons. The van der Waals surface area contributed by atoms with Crippen LogP contribution < -0.4 is 0 Å². The quantitative estimate of drug-likeness (QED) is 0.629. The maximum atomic E-state index is 4.14. The van der Waals surface area contributed by atoms with E-state index >= 15 is 0 Å². The molecule has 0 saturated carbocycles. The lowest BCUT2D eigenvalue weighted by Crippen LogP contribution is -1.93. The summed E-state index contributed by atoms with van der Waals surface area (Å²) in [6.45, 7) is 0. The van der Waals surface area contributed by atoms with E-state index in [9.17, 15) is 0 Å². The minimum Gasteiger partial charge on any atom is -0.265 e. The summed E-state index contributed by atoms with van der Waals surface area (Å²) in [5.74, 6) is 0. The molecule has 4 heteroatoms. The zero-order valence-corrected chi connectivity index (χ0v) is 9.55. The van der Waals surface area contributed by atoms with Crippen LogP contribution in [0.1, 0.15) is 11.1 Å². The third kappa shape index (κ3) is 2.47. The maximum absolute atomic E-state index is 4.14. The Labute approximate surface area is 95.8 Å². The number of hydrogen-bond donors (Lipinski definition) is 0. The van der Waals surface area contributed by atoms with E-state index in [2.05, 4.69) is 37.5 Å². The molecule has 0 saturated heterocycles. The topological polar surface area (TPSA) is 38.7 Å². The SMILES string of the molecule is Ic1ncc(Cc2ccncc2)cn1. The molecule has 2 aromatic rings. The zero-order chi connectivity index (χ0) is 9.80. The van der Waals surface area contributed by atoms with E-state index in [1.807, 2.05) is 24.5 Å². The number of pyridine rings is 1. The van der Waals surface area contributed by atoms with E-state index in [4.69, 9.17) is 0 Å². The molecule has 0 N–H and O–H groups in total. The fourth-order valence-electron chi connectivity index (χ4n) is 1.17. The Hall–Kier alpha value is -1.04. The van der Waals surface area contributed by atoms with Crippen molar-refractivity contribution in [1.29, 1.82) is 0 Å². The minimum absolute atomic E-state index is 0.779. The first-order valence-electron chi connectivity index (χ1n) is 4.20. The van der Waals surface area contributed by atoms with Crippen LogP contribution in [0.4, 0.5) is 0 Å². The summed E-state index contributed by atoms with van der Waals surface area (Å²) in [4.78, 5) is 12.2. The average molecular weight is 297 g/mol. The van der Waals surface area contributed by atoms with Gasteiger partial charge in [0.1, 0.15) is 0 Å². The first-order valence-corrected chi connectivity index (χ1v) is 5.28. The van der Waals surface area contributed by atoms with Gasteiger partial charge in [-0.2, -0.15) is 0 Å². The van der Waals surface area contributed by atoms with E-state index in [-0.39, 0.29) is 0 Å². The van der Waals surface area contributed by atoms with Gasteiger partial charge >= 0.3 is 0 Å². The highest BCUT2D eigenvalue weighted by molar-refractivity contribution is 14.1. The summed E-state index contributed by atoms with van der Waals surface area (Å²) in [6.07, 6.45) is 8.16. The van der Waals surface area contributed by atoms with Crippen LogP contribution in [0.15, 0.2) is 36.9 Å². The van der Waals surface area contributed by atoms with Crippen LogP contribution in [-0.4, -0.2) is 15.0 Å². The molecule has 0 aromatic carbocycles. The second-order valence-electron chi connectivity index (χ2n) is 2.89. The lowest BCUT2D eigenvalue weighted by molar-refractivity contribution is 1.03. The molecule has 0 atom stereocenters. The molecule has 0 aliphatic carbocycles. The first-order chi connectivity index (χ1) is 6.84. The number of nitrogens with zero attached hydrogens (tertiary/aromatic N) is 3. The molecular weight excluding hydrogens is 289 g/mol. The molecule has 0 aliphatic rings. The van der Waals surface area contributed by atoms with E-state index in [1.54, 1.807) is 12.4 Å². The lowest BCUT2D eigenvalue weighted by atomic mass is 10.1. The standard InChI is InChI=1S/C10H8IN3/c11-10-13-6-9(7-14-10)5-8-1-3-12-4-2-8/h1-4,6-7H,5H2. The molecule has 3 nitrogen and oxygen atoms in total. The van der Waals surface area contributed by atoms with Crippen molar-refractivity contribution >= 4 is 22.6 Å². The highest BCUT2D eigenvalue weighted by Crippen LogP contribution is 2.06. The van der Waals surface area contributed by atoms with Gasteiger partial charge in [-0.15, -0.1) is 0 Å². The molecule has 0 fully saturated rings. The zero-order valence-electron chi connectivity index (χ0n) is 7.39. The Morgan fingerprint density at radius 2 is 1.64 bits per heavy atom. The van der Waals surface area contributed by atoms with Crippen molar-refractivity contribution in [1.82, 2.24) is 15.0 Å². The first kappa shape index (κ1) is 9.51. The summed E-state index contributed by atoms with van der Waals surface area (Å²) < 4.78 is 0.779. The molecule has 2 aromatic heterocycles. The van der Waals surface area contributed by atoms with Gasteiger partial charge in [-0.05, 0) is 23.3 Å². The summed E-state index contributed by atoms with van der Waals surface area (Å²) in [5.41, 5.74) is 2.35. The van der Waals surface area contributed by atoms with E-state index in [0.29, 0.717) is 0 Å². The summed E-state index contributed by atoms with van der Waals surface area (Å²) in [6, 6.07) is 4.00. The highest BCUT2D eigenvalue weighted by Gasteiger charge is 1.96. The van der Waals surface area contributed by atoms with Gasteiger partial charge in [0.2, 0.25) is 0 Å². The average Bonchev–Trinajstić information content (AvgIpc) is 2.23. The van der Waals surface area contributed by atoms with Gasteiger partial charge < -0.3 is 0 Å². The Morgan fingerprint density at radius 3 is 2.29 bits per heavy atom. The van der Waals surface area contributed by atoms with Crippen molar-refractivity contribution in [3.8, 4) is 0 Å². The number of hydrogen-bond acceptors (Lipinski definition) is 3. The Morgan fingerprint density at radius 1 is 1.00 bits per heavy atom. The second-order valence-corrected chi connectivity index (χ2v) is 3.86. The molecule has 14 heavy (non-hydrogen) atoms. The molecule has 0 amide bonds. The van der Waals surface area contributed by atoms with Crippen LogP contribution in [0.25, 0.3) is 0 Å². The molecule has 0 bridgehead atoms.